The van der Waals surface area contributed by atoms with E-state index in [9.17, 15) is 14.9 Å². The number of nitrogens with one attached hydrogen (secondary N) is 1. The number of rotatable bonds is 4. The average Bonchev–Trinajstić information content (AvgIpc) is 2.75. The maximum absolute atomic E-state index is 12.1. The van der Waals surface area contributed by atoms with Gasteiger partial charge in [-0.25, -0.2) is 0 Å². The molecule has 1 saturated heterocycles. The molecule has 0 radical (unpaired) electrons. The van der Waals surface area contributed by atoms with Gasteiger partial charge < -0.3 is 4.90 Å². The first-order chi connectivity index (χ1) is 9.08. The summed E-state index contributed by atoms with van der Waals surface area (Å²) in [6, 6.07) is 6.16. The van der Waals surface area contributed by atoms with Crippen LogP contribution in [0.4, 0.5) is 5.69 Å². The molecule has 0 aromatic heterocycles. The molecule has 1 amide bonds. The summed E-state index contributed by atoms with van der Waals surface area (Å²) in [5.74, 6) is 0.0911. The van der Waals surface area contributed by atoms with Crippen molar-refractivity contribution in [2.75, 3.05) is 6.54 Å². The minimum absolute atomic E-state index is 0.0585. The number of amides is 1. The van der Waals surface area contributed by atoms with Gasteiger partial charge in [-0.3, -0.25) is 20.2 Å². The lowest BCUT2D eigenvalue weighted by atomic mass is 10.1. The molecule has 2 atom stereocenters. The fraction of sp³-hybridized carbons (Fsp3) is 0.462. The Labute approximate surface area is 111 Å². The number of hydrogen-bond acceptors (Lipinski definition) is 4. The van der Waals surface area contributed by atoms with Gasteiger partial charge in [-0.1, -0.05) is 6.92 Å². The highest BCUT2D eigenvalue weighted by molar-refractivity contribution is 5.84. The summed E-state index contributed by atoms with van der Waals surface area (Å²) >= 11 is 0. The zero-order valence-electron chi connectivity index (χ0n) is 11.0. The molecule has 1 aliphatic rings. The summed E-state index contributed by atoms with van der Waals surface area (Å²) in [7, 11) is 0. The van der Waals surface area contributed by atoms with Crippen LogP contribution in [-0.4, -0.2) is 28.3 Å². The van der Waals surface area contributed by atoms with Crippen molar-refractivity contribution in [3.63, 3.8) is 0 Å². The van der Waals surface area contributed by atoms with Crippen molar-refractivity contribution in [1.29, 1.82) is 0 Å². The molecular weight excluding hydrogens is 246 g/mol. The van der Waals surface area contributed by atoms with E-state index in [1.165, 1.54) is 12.1 Å². The zero-order chi connectivity index (χ0) is 14.0. The Balaban J connectivity index is 2.25. The molecule has 1 aromatic rings. The number of likely N-dealkylation sites (N-methyl/N-ethyl adjacent to an activating group) is 1. The van der Waals surface area contributed by atoms with E-state index in [1.807, 2.05) is 13.8 Å². The number of carbonyl (C=O) groups is 1. The second-order valence-electron chi connectivity index (χ2n) is 4.50. The van der Waals surface area contributed by atoms with Gasteiger partial charge in [0.1, 0.15) is 6.17 Å². The molecule has 0 saturated carbocycles. The van der Waals surface area contributed by atoms with E-state index in [0.29, 0.717) is 6.54 Å². The van der Waals surface area contributed by atoms with Crippen molar-refractivity contribution >= 4 is 11.6 Å². The van der Waals surface area contributed by atoms with Gasteiger partial charge in [0.15, 0.2) is 0 Å². The summed E-state index contributed by atoms with van der Waals surface area (Å²) in [4.78, 5) is 24.0. The van der Waals surface area contributed by atoms with E-state index < -0.39 is 4.92 Å². The predicted octanol–water partition coefficient (Wildman–Crippen LogP) is 1.82. The van der Waals surface area contributed by atoms with Gasteiger partial charge in [0.2, 0.25) is 5.91 Å². The highest BCUT2D eigenvalue weighted by Gasteiger charge is 2.37. The lowest BCUT2D eigenvalue weighted by Gasteiger charge is -2.22. The third-order valence-electron chi connectivity index (χ3n) is 3.42. The highest BCUT2D eigenvalue weighted by Crippen LogP contribution is 2.27. The van der Waals surface area contributed by atoms with E-state index in [0.717, 1.165) is 12.0 Å². The van der Waals surface area contributed by atoms with Crippen LogP contribution in [0.2, 0.25) is 0 Å². The van der Waals surface area contributed by atoms with Crippen LogP contribution in [0, 0.1) is 10.1 Å². The van der Waals surface area contributed by atoms with E-state index in [1.54, 1.807) is 17.0 Å². The normalized spacial score (nSPS) is 22.8. The number of nitro groups is 1. The van der Waals surface area contributed by atoms with Gasteiger partial charge in [-0.05, 0) is 31.0 Å². The van der Waals surface area contributed by atoms with Crippen LogP contribution in [0.3, 0.4) is 0 Å². The summed E-state index contributed by atoms with van der Waals surface area (Å²) in [6.07, 6.45) is 0.544. The molecule has 1 fully saturated rings. The molecular formula is C13H17N3O3. The van der Waals surface area contributed by atoms with Crippen molar-refractivity contribution in [2.24, 2.45) is 0 Å². The fourth-order valence-electron chi connectivity index (χ4n) is 2.36. The molecule has 6 heteroatoms. The lowest BCUT2D eigenvalue weighted by molar-refractivity contribution is -0.384. The van der Waals surface area contributed by atoms with Crippen molar-refractivity contribution < 1.29 is 9.72 Å². The quantitative estimate of drug-likeness (QED) is 0.664. The van der Waals surface area contributed by atoms with Crippen molar-refractivity contribution in [1.82, 2.24) is 10.2 Å². The largest absolute Gasteiger partial charge is 0.322 e. The molecule has 1 N–H and O–H groups in total. The monoisotopic (exact) mass is 263 g/mol. The maximum atomic E-state index is 12.1. The Morgan fingerprint density at radius 3 is 2.42 bits per heavy atom. The molecule has 0 spiro atoms. The van der Waals surface area contributed by atoms with Gasteiger partial charge in [0.25, 0.3) is 5.69 Å². The van der Waals surface area contributed by atoms with E-state index >= 15 is 0 Å². The second-order valence-corrected chi connectivity index (χ2v) is 4.50. The van der Waals surface area contributed by atoms with E-state index in [-0.39, 0.29) is 23.8 Å². The molecule has 19 heavy (non-hydrogen) atoms. The SMILES string of the molecule is CCC1NC(c2ccc([N+](=O)[O-])cc2)N(CC)C1=O. The van der Waals surface area contributed by atoms with Gasteiger partial charge >= 0.3 is 0 Å². The Hall–Kier alpha value is -1.95. The summed E-state index contributed by atoms with van der Waals surface area (Å²) in [6.45, 7) is 4.50. The molecule has 0 aliphatic carbocycles. The summed E-state index contributed by atoms with van der Waals surface area (Å²) in [5.41, 5.74) is 0.930. The Morgan fingerprint density at radius 1 is 1.32 bits per heavy atom. The van der Waals surface area contributed by atoms with Crippen molar-refractivity contribution in [3.05, 3.63) is 39.9 Å². The topological polar surface area (TPSA) is 75.5 Å². The van der Waals surface area contributed by atoms with Gasteiger partial charge in [-0.2, -0.15) is 0 Å². The van der Waals surface area contributed by atoms with E-state index in [4.69, 9.17) is 0 Å². The van der Waals surface area contributed by atoms with Crippen molar-refractivity contribution in [3.8, 4) is 0 Å². The van der Waals surface area contributed by atoms with E-state index in [2.05, 4.69) is 5.32 Å². The molecule has 1 heterocycles. The first-order valence-electron chi connectivity index (χ1n) is 6.39. The van der Waals surface area contributed by atoms with Crippen LogP contribution < -0.4 is 5.32 Å². The number of nitrogens with zero attached hydrogens (tertiary/aromatic N) is 2. The zero-order valence-corrected chi connectivity index (χ0v) is 11.0. The Morgan fingerprint density at radius 2 is 1.95 bits per heavy atom. The van der Waals surface area contributed by atoms with Gasteiger partial charge in [0, 0.05) is 18.7 Å². The summed E-state index contributed by atoms with van der Waals surface area (Å²) in [5, 5.41) is 13.9. The molecule has 1 aliphatic heterocycles. The highest BCUT2D eigenvalue weighted by atomic mass is 16.6. The van der Waals surface area contributed by atoms with Gasteiger partial charge in [-0.15, -0.1) is 0 Å². The minimum Gasteiger partial charge on any atom is -0.322 e. The molecule has 2 rings (SSSR count). The first kappa shape index (κ1) is 13.5. The second kappa shape index (κ2) is 5.36. The minimum atomic E-state index is -0.427. The third kappa shape index (κ3) is 2.44. The number of benzene rings is 1. The number of hydrogen-bond donors (Lipinski definition) is 1. The Bertz CT molecular complexity index is 486. The van der Waals surface area contributed by atoms with Gasteiger partial charge in [0.05, 0.1) is 11.0 Å². The maximum Gasteiger partial charge on any atom is 0.269 e. The van der Waals surface area contributed by atoms with Crippen molar-refractivity contribution in [2.45, 2.75) is 32.5 Å². The number of carbonyl (C=O) groups excluding carboxylic acids is 1. The van der Waals surface area contributed by atoms with Crippen LogP contribution >= 0.6 is 0 Å². The number of non-ortho nitro benzene ring substituents is 1. The van der Waals surface area contributed by atoms with Crippen LogP contribution in [0.1, 0.15) is 32.0 Å². The van der Waals surface area contributed by atoms with Crippen LogP contribution in [0.15, 0.2) is 24.3 Å². The molecule has 6 nitrogen and oxygen atoms in total. The fourth-order valence-corrected chi connectivity index (χ4v) is 2.36. The van der Waals surface area contributed by atoms with Crippen LogP contribution in [-0.2, 0) is 4.79 Å². The predicted molar refractivity (Wildman–Crippen MR) is 70.4 cm³/mol. The third-order valence-corrected chi connectivity index (χ3v) is 3.42. The molecule has 0 bridgehead atoms. The lowest BCUT2D eigenvalue weighted by Crippen LogP contribution is -2.30. The smallest absolute Gasteiger partial charge is 0.269 e. The molecule has 2 unspecified atom stereocenters. The molecule has 1 aromatic carbocycles. The molecule has 102 valence electrons. The first-order valence-corrected chi connectivity index (χ1v) is 6.39. The number of nitro benzene ring substituents is 1. The summed E-state index contributed by atoms with van der Waals surface area (Å²) < 4.78 is 0. The van der Waals surface area contributed by atoms with Crippen LogP contribution in [0.25, 0.3) is 0 Å². The van der Waals surface area contributed by atoms with Crippen LogP contribution in [0.5, 0.6) is 0 Å². The Kier molecular flexibility index (Phi) is 3.80. The standard InChI is InChI=1S/C13H17N3O3/c1-3-11-13(17)15(4-2)12(14-11)9-5-7-10(8-6-9)16(18)19/h5-8,11-12,14H,3-4H2,1-2H3. The average molecular weight is 263 g/mol.